The van der Waals surface area contributed by atoms with E-state index in [1.807, 2.05) is 0 Å². The molecular formula is C16H34N2. The lowest BCUT2D eigenvalue weighted by molar-refractivity contribution is 0.206. The van der Waals surface area contributed by atoms with E-state index in [1.165, 1.54) is 51.6 Å². The molecule has 0 saturated heterocycles. The van der Waals surface area contributed by atoms with Gasteiger partial charge in [0.2, 0.25) is 0 Å². The topological polar surface area (TPSA) is 15.3 Å². The average molecular weight is 254 g/mol. The second kappa shape index (κ2) is 8.92. The lowest BCUT2D eigenvalue weighted by atomic mass is 10.0. The summed E-state index contributed by atoms with van der Waals surface area (Å²) >= 11 is 0. The number of nitrogens with one attached hydrogen (secondary N) is 1. The molecule has 1 aliphatic carbocycles. The van der Waals surface area contributed by atoms with Gasteiger partial charge in [-0.2, -0.15) is 0 Å². The summed E-state index contributed by atoms with van der Waals surface area (Å²) in [5.41, 5.74) is 0. The molecule has 1 rings (SSSR count). The molecule has 0 aromatic carbocycles. The second-order valence-corrected chi connectivity index (χ2v) is 6.39. The van der Waals surface area contributed by atoms with Crippen LogP contribution >= 0.6 is 0 Å². The lowest BCUT2D eigenvalue weighted by Gasteiger charge is -2.28. The third kappa shape index (κ3) is 6.19. The van der Waals surface area contributed by atoms with Gasteiger partial charge in [0.1, 0.15) is 0 Å². The first-order valence-electron chi connectivity index (χ1n) is 8.11. The quantitative estimate of drug-likeness (QED) is 0.675. The highest BCUT2D eigenvalue weighted by Gasteiger charge is 2.20. The zero-order valence-electron chi connectivity index (χ0n) is 13.0. The Labute approximate surface area is 115 Å². The highest BCUT2D eigenvalue weighted by Crippen LogP contribution is 2.22. The van der Waals surface area contributed by atoms with Crippen molar-refractivity contribution >= 4 is 0 Å². The first-order chi connectivity index (χ1) is 8.63. The van der Waals surface area contributed by atoms with Gasteiger partial charge >= 0.3 is 0 Å². The Morgan fingerprint density at radius 1 is 1.11 bits per heavy atom. The molecule has 0 heterocycles. The van der Waals surface area contributed by atoms with Crippen LogP contribution in [-0.4, -0.2) is 36.6 Å². The molecule has 1 fully saturated rings. The van der Waals surface area contributed by atoms with Gasteiger partial charge < -0.3 is 5.32 Å². The van der Waals surface area contributed by atoms with Crippen LogP contribution < -0.4 is 5.32 Å². The van der Waals surface area contributed by atoms with Crippen molar-refractivity contribution in [2.24, 2.45) is 5.92 Å². The number of hydrogen-bond donors (Lipinski definition) is 1. The molecule has 2 nitrogen and oxygen atoms in total. The van der Waals surface area contributed by atoms with Crippen molar-refractivity contribution in [1.82, 2.24) is 10.2 Å². The Morgan fingerprint density at radius 3 is 2.33 bits per heavy atom. The molecule has 1 saturated carbocycles. The van der Waals surface area contributed by atoms with Crippen molar-refractivity contribution in [3.05, 3.63) is 0 Å². The molecule has 108 valence electrons. The summed E-state index contributed by atoms with van der Waals surface area (Å²) in [6.07, 6.45) is 8.40. The first-order valence-corrected chi connectivity index (χ1v) is 8.11. The minimum atomic E-state index is 0.676. The Bertz CT molecular complexity index is 197. The van der Waals surface area contributed by atoms with Crippen LogP contribution in [0.4, 0.5) is 0 Å². The molecule has 0 radical (unpaired) electrons. The van der Waals surface area contributed by atoms with Gasteiger partial charge in [0, 0.05) is 25.2 Å². The third-order valence-electron chi connectivity index (χ3n) is 4.32. The SMILES string of the molecule is CCN(CCNC(C)CCC(C)C)C1CCCC1. The molecule has 18 heavy (non-hydrogen) atoms. The fraction of sp³-hybridized carbons (Fsp3) is 1.00. The molecule has 0 aromatic rings. The molecular weight excluding hydrogens is 220 g/mol. The van der Waals surface area contributed by atoms with E-state index < -0.39 is 0 Å². The van der Waals surface area contributed by atoms with E-state index in [9.17, 15) is 0 Å². The molecule has 0 bridgehead atoms. The largest absolute Gasteiger partial charge is 0.313 e. The van der Waals surface area contributed by atoms with E-state index in [4.69, 9.17) is 0 Å². The van der Waals surface area contributed by atoms with Gasteiger partial charge in [0.25, 0.3) is 0 Å². The van der Waals surface area contributed by atoms with E-state index in [-0.39, 0.29) is 0 Å². The molecule has 1 unspecified atom stereocenters. The zero-order valence-corrected chi connectivity index (χ0v) is 13.0. The maximum atomic E-state index is 3.68. The Kier molecular flexibility index (Phi) is 7.92. The number of nitrogens with zero attached hydrogens (tertiary/aromatic N) is 1. The van der Waals surface area contributed by atoms with Gasteiger partial charge in [-0.05, 0) is 45.1 Å². The van der Waals surface area contributed by atoms with E-state index in [1.54, 1.807) is 0 Å². The summed E-state index contributed by atoms with van der Waals surface area (Å²) in [4.78, 5) is 2.68. The third-order valence-corrected chi connectivity index (χ3v) is 4.32. The van der Waals surface area contributed by atoms with Gasteiger partial charge in [0.15, 0.2) is 0 Å². The zero-order chi connectivity index (χ0) is 13.4. The smallest absolute Gasteiger partial charge is 0.0110 e. The number of likely N-dealkylation sites (N-methyl/N-ethyl adjacent to an activating group) is 1. The fourth-order valence-electron chi connectivity index (χ4n) is 3.01. The van der Waals surface area contributed by atoms with Gasteiger partial charge in [-0.25, -0.2) is 0 Å². The molecule has 2 heteroatoms. The molecule has 0 aliphatic heterocycles. The van der Waals surface area contributed by atoms with Crippen molar-refractivity contribution in [3.8, 4) is 0 Å². The predicted octanol–water partition coefficient (Wildman–Crippen LogP) is 3.67. The van der Waals surface area contributed by atoms with Crippen molar-refractivity contribution < 1.29 is 0 Å². The Balaban J connectivity index is 2.10. The normalized spacial score (nSPS) is 19.0. The van der Waals surface area contributed by atoms with Crippen LogP contribution in [0.1, 0.15) is 66.2 Å². The van der Waals surface area contributed by atoms with Crippen LogP contribution in [0, 0.1) is 5.92 Å². The molecule has 0 amide bonds. The second-order valence-electron chi connectivity index (χ2n) is 6.39. The molecule has 1 N–H and O–H groups in total. The first kappa shape index (κ1) is 16.0. The number of rotatable bonds is 9. The van der Waals surface area contributed by atoms with Crippen LogP contribution in [-0.2, 0) is 0 Å². The predicted molar refractivity (Wildman–Crippen MR) is 81.0 cm³/mol. The van der Waals surface area contributed by atoms with Crippen LogP contribution in [0.3, 0.4) is 0 Å². The molecule has 0 aromatic heterocycles. The van der Waals surface area contributed by atoms with Gasteiger partial charge in [-0.1, -0.05) is 33.6 Å². The molecule has 0 spiro atoms. The maximum absolute atomic E-state index is 3.68. The van der Waals surface area contributed by atoms with Crippen molar-refractivity contribution in [2.45, 2.75) is 78.3 Å². The average Bonchev–Trinajstić information content (AvgIpc) is 2.85. The van der Waals surface area contributed by atoms with E-state index in [0.717, 1.165) is 18.5 Å². The van der Waals surface area contributed by atoms with Crippen LogP contribution in [0.15, 0.2) is 0 Å². The highest BCUT2D eigenvalue weighted by molar-refractivity contribution is 4.77. The Morgan fingerprint density at radius 2 is 1.78 bits per heavy atom. The van der Waals surface area contributed by atoms with E-state index >= 15 is 0 Å². The summed E-state index contributed by atoms with van der Waals surface area (Å²) < 4.78 is 0. The molecule has 1 aliphatic rings. The number of hydrogen-bond acceptors (Lipinski definition) is 2. The monoisotopic (exact) mass is 254 g/mol. The summed E-state index contributed by atoms with van der Waals surface area (Å²) in [7, 11) is 0. The van der Waals surface area contributed by atoms with Gasteiger partial charge in [0.05, 0.1) is 0 Å². The van der Waals surface area contributed by atoms with Gasteiger partial charge in [-0.3, -0.25) is 4.90 Å². The molecule has 1 atom stereocenters. The summed E-state index contributed by atoms with van der Waals surface area (Å²) in [6, 6.07) is 1.55. The van der Waals surface area contributed by atoms with E-state index in [0.29, 0.717) is 6.04 Å². The van der Waals surface area contributed by atoms with Crippen molar-refractivity contribution in [3.63, 3.8) is 0 Å². The van der Waals surface area contributed by atoms with Crippen LogP contribution in [0.5, 0.6) is 0 Å². The summed E-state index contributed by atoms with van der Waals surface area (Å²) in [5, 5.41) is 3.68. The fourth-order valence-corrected chi connectivity index (χ4v) is 3.01. The van der Waals surface area contributed by atoms with Crippen molar-refractivity contribution in [1.29, 1.82) is 0 Å². The van der Waals surface area contributed by atoms with Crippen molar-refractivity contribution in [2.75, 3.05) is 19.6 Å². The highest BCUT2D eigenvalue weighted by atomic mass is 15.2. The minimum Gasteiger partial charge on any atom is -0.313 e. The van der Waals surface area contributed by atoms with E-state index in [2.05, 4.69) is 37.9 Å². The maximum Gasteiger partial charge on any atom is 0.0110 e. The Hall–Kier alpha value is -0.0800. The lowest BCUT2D eigenvalue weighted by Crippen LogP contribution is -2.40. The summed E-state index contributed by atoms with van der Waals surface area (Å²) in [6.45, 7) is 12.9. The van der Waals surface area contributed by atoms with Crippen LogP contribution in [0.25, 0.3) is 0 Å². The summed E-state index contributed by atoms with van der Waals surface area (Å²) in [5.74, 6) is 0.833. The van der Waals surface area contributed by atoms with Gasteiger partial charge in [-0.15, -0.1) is 0 Å². The standard InChI is InChI=1S/C16H34N2/c1-5-18(16-8-6-7-9-16)13-12-17-15(4)11-10-14(2)3/h14-17H,5-13H2,1-4H3. The van der Waals surface area contributed by atoms with Crippen LogP contribution in [0.2, 0.25) is 0 Å². The minimum absolute atomic E-state index is 0.676.